The number of carbonyl (C=O) groups is 1. The molecule has 1 atom stereocenters. The van der Waals surface area contributed by atoms with Gasteiger partial charge in [-0.3, -0.25) is 0 Å². The molecule has 164 valence electrons. The molecule has 1 fully saturated rings. The van der Waals surface area contributed by atoms with Crippen LogP contribution in [0.15, 0.2) is 24.5 Å². The Morgan fingerprint density at radius 3 is 2.58 bits per heavy atom. The summed E-state index contributed by atoms with van der Waals surface area (Å²) in [5.41, 5.74) is 2.24. The lowest BCUT2D eigenvalue weighted by molar-refractivity contribution is 0.199. The van der Waals surface area contributed by atoms with Gasteiger partial charge in [0.25, 0.3) is 0 Å². The average molecular weight is 427 g/mol. The molecule has 1 saturated heterocycles. The van der Waals surface area contributed by atoms with Crippen LogP contribution < -0.4 is 29.6 Å². The standard InChI is InChI=1S/C21H25N5O5/c1-28-15-6-13(7-16(29-2)19(15)30-3)14-10-23-20-18(26-14)17(11-24-20)31-21(27)25-9-12-4-5-22-8-12/h6-7,10-12,22H,4-5,8-9H2,1-3H3,(H,23,24)(H,25,27). The molecule has 31 heavy (non-hydrogen) atoms. The number of carbonyl (C=O) groups excluding carboxylic acids is 1. The van der Waals surface area contributed by atoms with Gasteiger partial charge in [-0.2, -0.15) is 0 Å². The molecular formula is C21H25N5O5. The van der Waals surface area contributed by atoms with Gasteiger partial charge in [-0.25, -0.2) is 14.8 Å². The number of rotatable bonds is 7. The smallest absolute Gasteiger partial charge is 0.412 e. The molecule has 0 saturated carbocycles. The molecule has 0 aliphatic carbocycles. The second-order valence-electron chi connectivity index (χ2n) is 7.15. The summed E-state index contributed by atoms with van der Waals surface area (Å²) in [4.78, 5) is 24.3. The van der Waals surface area contributed by atoms with E-state index in [2.05, 4.69) is 25.6 Å². The van der Waals surface area contributed by atoms with Crippen molar-refractivity contribution < 1.29 is 23.7 Å². The van der Waals surface area contributed by atoms with E-state index in [0.29, 0.717) is 57.9 Å². The molecule has 3 N–H and O–H groups in total. The quantitative estimate of drug-likeness (QED) is 0.526. The third-order valence-electron chi connectivity index (χ3n) is 5.21. The average Bonchev–Trinajstić information content (AvgIpc) is 3.46. The molecule has 10 nitrogen and oxygen atoms in total. The van der Waals surface area contributed by atoms with Crippen molar-refractivity contribution in [3.8, 4) is 34.3 Å². The van der Waals surface area contributed by atoms with Crippen molar-refractivity contribution in [2.45, 2.75) is 6.42 Å². The molecule has 0 spiro atoms. The van der Waals surface area contributed by atoms with Gasteiger partial charge >= 0.3 is 6.09 Å². The first-order chi connectivity index (χ1) is 15.1. The van der Waals surface area contributed by atoms with E-state index >= 15 is 0 Å². The summed E-state index contributed by atoms with van der Waals surface area (Å²) < 4.78 is 21.7. The van der Waals surface area contributed by atoms with Crippen molar-refractivity contribution in [2.24, 2.45) is 5.92 Å². The van der Waals surface area contributed by atoms with Crippen LogP contribution in [0.5, 0.6) is 23.0 Å². The number of aromatic amines is 1. The van der Waals surface area contributed by atoms with Gasteiger partial charge in [0.2, 0.25) is 5.75 Å². The highest BCUT2D eigenvalue weighted by molar-refractivity contribution is 5.84. The summed E-state index contributed by atoms with van der Waals surface area (Å²) in [6.45, 7) is 2.44. The topological polar surface area (TPSA) is 120 Å². The number of nitrogens with one attached hydrogen (secondary N) is 3. The predicted molar refractivity (Wildman–Crippen MR) is 114 cm³/mol. The lowest BCUT2D eigenvalue weighted by atomic mass is 10.1. The molecule has 3 aromatic rings. The second-order valence-corrected chi connectivity index (χ2v) is 7.15. The van der Waals surface area contributed by atoms with Gasteiger partial charge in [0.05, 0.1) is 33.2 Å². The van der Waals surface area contributed by atoms with Gasteiger partial charge in [0.15, 0.2) is 28.4 Å². The highest BCUT2D eigenvalue weighted by Crippen LogP contribution is 2.41. The van der Waals surface area contributed by atoms with Crippen LogP contribution in [0.2, 0.25) is 0 Å². The van der Waals surface area contributed by atoms with E-state index in [4.69, 9.17) is 18.9 Å². The first-order valence-electron chi connectivity index (χ1n) is 9.93. The van der Waals surface area contributed by atoms with E-state index in [1.165, 1.54) is 0 Å². The highest BCUT2D eigenvalue weighted by atomic mass is 16.6. The number of nitrogens with zero attached hydrogens (tertiary/aromatic N) is 2. The first kappa shape index (κ1) is 20.7. The molecule has 1 aliphatic heterocycles. The fourth-order valence-corrected chi connectivity index (χ4v) is 3.57. The van der Waals surface area contributed by atoms with Crippen LogP contribution in [0.4, 0.5) is 4.79 Å². The zero-order valence-electron chi connectivity index (χ0n) is 17.7. The van der Waals surface area contributed by atoms with Crippen molar-refractivity contribution in [3.05, 3.63) is 24.5 Å². The van der Waals surface area contributed by atoms with E-state index in [-0.39, 0.29) is 0 Å². The van der Waals surface area contributed by atoms with Crippen molar-refractivity contribution in [1.29, 1.82) is 0 Å². The van der Waals surface area contributed by atoms with Gasteiger partial charge in [-0.1, -0.05) is 0 Å². The SMILES string of the molecule is COc1cc(-c2cnc3[nH]cc(OC(=O)NCC4CCNC4)c3n2)cc(OC)c1OC. The van der Waals surface area contributed by atoms with E-state index in [1.807, 2.05) is 0 Å². The number of ether oxygens (including phenoxy) is 4. The van der Waals surface area contributed by atoms with Crippen molar-refractivity contribution in [3.63, 3.8) is 0 Å². The largest absolute Gasteiger partial charge is 0.493 e. The molecule has 1 amide bonds. The minimum Gasteiger partial charge on any atom is -0.493 e. The summed E-state index contributed by atoms with van der Waals surface area (Å²) in [6, 6.07) is 3.57. The predicted octanol–water partition coefficient (Wildman–Crippen LogP) is 2.35. The Hall–Kier alpha value is -3.53. The number of amides is 1. The number of fused-ring (bicyclic) bond motifs is 1. The molecule has 1 aliphatic rings. The van der Waals surface area contributed by atoms with Crippen LogP contribution >= 0.6 is 0 Å². The maximum atomic E-state index is 12.2. The van der Waals surface area contributed by atoms with Gasteiger partial charge in [-0.15, -0.1) is 0 Å². The number of benzene rings is 1. The highest BCUT2D eigenvalue weighted by Gasteiger charge is 2.19. The van der Waals surface area contributed by atoms with Crippen LogP contribution in [0, 0.1) is 5.92 Å². The van der Waals surface area contributed by atoms with E-state index < -0.39 is 6.09 Å². The van der Waals surface area contributed by atoms with Gasteiger partial charge in [0.1, 0.15) is 0 Å². The van der Waals surface area contributed by atoms with E-state index in [1.54, 1.807) is 45.9 Å². The van der Waals surface area contributed by atoms with Crippen molar-refractivity contribution >= 4 is 17.3 Å². The normalized spacial score (nSPS) is 15.6. The third-order valence-corrected chi connectivity index (χ3v) is 5.21. The van der Waals surface area contributed by atoms with Gasteiger partial charge in [-0.05, 0) is 37.6 Å². The molecule has 2 aromatic heterocycles. The fraction of sp³-hybridized carbons (Fsp3) is 0.381. The minimum absolute atomic E-state index is 0.304. The van der Waals surface area contributed by atoms with Crippen LogP contribution in [0.1, 0.15) is 6.42 Å². The Kier molecular flexibility index (Phi) is 6.08. The Balaban J connectivity index is 1.59. The van der Waals surface area contributed by atoms with Crippen LogP contribution in [-0.2, 0) is 0 Å². The Bertz CT molecular complexity index is 1050. The number of hydrogen-bond donors (Lipinski definition) is 3. The first-order valence-corrected chi connectivity index (χ1v) is 9.93. The number of methoxy groups -OCH3 is 3. The molecule has 10 heteroatoms. The molecular weight excluding hydrogens is 402 g/mol. The number of aromatic nitrogens is 3. The zero-order valence-corrected chi connectivity index (χ0v) is 17.7. The molecule has 4 rings (SSSR count). The minimum atomic E-state index is -0.521. The molecule has 1 unspecified atom stereocenters. The lowest BCUT2D eigenvalue weighted by Gasteiger charge is -2.14. The summed E-state index contributed by atoms with van der Waals surface area (Å²) >= 11 is 0. The molecule has 0 radical (unpaired) electrons. The number of H-pyrrole nitrogens is 1. The van der Waals surface area contributed by atoms with E-state index in [9.17, 15) is 4.79 Å². The summed E-state index contributed by atoms with van der Waals surface area (Å²) in [6.07, 6.45) is 3.71. The van der Waals surface area contributed by atoms with Gasteiger partial charge < -0.3 is 34.6 Å². The second kappa shape index (κ2) is 9.09. The fourth-order valence-electron chi connectivity index (χ4n) is 3.57. The zero-order chi connectivity index (χ0) is 21.8. The van der Waals surface area contributed by atoms with Crippen molar-refractivity contribution in [2.75, 3.05) is 41.0 Å². The van der Waals surface area contributed by atoms with Gasteiger partial charge in [0, 0.05) is 18.3 Å². The number of hydrogen-bond acceptors (Lipinski definition) is 8. The van der Waals surface area contributed by atoms with Crippen LogP contribution in [0.3, 0.4) is 0 Å². The summed E-state index contributed by atoms with van der Waals surface area (Å²) in [7, 11) is 4.65. The maximum absolute atomic E-state index is 12.2. The lowest BCUT2D eigenvalue weighted by Crippen LogP contribution is -2.32. The summed E-state index contributed by atoms with van der Waals surface area (Å²) in [5.74, 6) is 2.22. The van der Waals surface area contributed by atoms with Crippen molar-refractivity contribution in [1.82, 2.24) is 25.6 Å². The Morgan fingerprint density at radius 2 is 1.94 bits per heavy atom. The Morgan fingerprint density at radius 1 is 1.16 bits per heavy atom. The van der Waals surface area contributed by atoms with Crippen LogP contribution in [0.25, 0.3) is 22.4 Å². The Labute approximate surface area is 179 Å². The van der Waals surface area contributed by atoms with Crippen LogP contribution in [-0.4, -0.2) is 62.0 Å². The summed E-state index contributed by atoms with van der Waals surface area (Å²) in [5, 5.41) is 6.08. The van der Waals surface area contributed by atoms with E-state index in [0.717, 1.165) is 19.5 Å². The maximum Gasteiger partial charge on any atom is 0.412 e. The third kappa shape index (κ3) is 4.33. The molecule has 0 bridgehead atoms. The molecule has 1 aromatic carbocycles. The molecule has 3 heterocycles. The monoisotopic (exact) mass is 427 g/mol.